The number of rotatable bonds is 5. The van der Waals surface area contributed by atoms with Crippen molar-refractivity contribution in [1.82, 2.24) is 24.9 Å². The normalized spacial score (nSPS) is 21.9. The van der Waals surface area contributed by atoms with Gasteiger partial charge >= 0.3 is 0 Å². The summed E-state index contributed by atoms with van der Waals surface area (Å²) in [4.78, 5) is 15.6. The predicted molar refractivity (Wildman–Crippen MR) is 84.3 cm³/mol. The fraction of sp³-hybridized carbons (Fsp3) is 0.667. The van der Waals surface area contributed by atoms with Crippen LogP contribution in [0.3, 0.4) is 0 Å². The fourth-order valence-electron chi connectivity index (χ4n) is 2.26. The molecule has 2 heterocycles. The predicted octanol–water partition coefficient (Wildman–Crippen LogP) is -0.623. The number of hydrogen-bond donors (Lipinski definition) is 3. The van der Waals surface area contributed by atoms with E-state index in [2.05, 4.69) is 20.3 Å². The lowest BCUT2D eigenvalue weighted by Gasteiger charge is -2.30. The summed E-state index contributed by atoms with van der Waals surface area (Å²) in [5.74, 6) is -0.338. The maximum Gasteiger partial charge on any atom is 0.260 e. The number of aryl methyl sites for hydroxylation is 1. The Morgan fingerprint density at radius 1 is 1.55 bits per heavy atom. The summed E-state index contributed by atoms with van der Waals surface area (Å²) in [6, 6.07) is 0.223. The van der Waals surface area contributed by atoms with Crippen LogP contribution in [0.1, 0.15) is 19.8 Å². The number of nitrogens with one attached hydrogen (secondary N) is 3. The van der Waals surface area contributed by atoms with Crippen LogP contribution in [0.4, 0.5) is 0 Å². The summed E-state index contributed by atoms with van der Waals surface area (Å²) >= 11 is 0. The third kappa shape index (κ3) is 4.94. The highest BCUT2D eigenvalue weighted by Crippen LogP contribution is 2.08. The van der Waals surface area contributed by atoms with Gasteiger partial charge in [-0.2, -0.15) is 0 Å². The third-order valence-corrected chi connectivity index (χ3v) is 4.77. The van der Waals surface area contributed by atoms with E-state index in [9.17, 15) is 13.2 Å². The highest BCUT2D eigenvalue weighted by Gasteiger charge is 2.23. The summed E-state index contributed by atoms with van der Waals surface area (Å²) < 4.78 is 27.6. The Hall–Kier alpha value is -1.16. The minimum absolute atomic E-state index is 0. The second-order valence-corrected chi connectivity index (χ2v) is 6.97. The molecule has 0 bridgehead atoms. The molecule has 1 aromatic rings. The highest BCUT2D eigenvalue weighted by molar-refractivity contribution is 7.89. The molecule has 0 aliphatic carbocycles. The number of halogens is 1. The number of amides is 1. The van der Waals surface area contributed by atoms with E-state index >= 15 is 0 Å². The lowest BCUT2D eigenvalue weighted by atomic mass is 10.00. The van der Waals surface area contributed by atoms with Crippen molar-refractivity contribution >= 4 is 28.3 Å². The van der Waals surface area contributed by atoms with Gasteiger partial charge in [0, 0.05) is 25.3 Å². The molecule has 8 nitrogen and oxygen atoms in total. The SMILES string of the molecule is CC1NCCCC1NC(=O)CNS(=O)(=O)c1cn(C)cn1.Cl. The number of aromatic nitrogens is 2. The number of sulfonamides is 1. The van der Waals surface area contributed by atoms with Gasteiger partial charge < -0.3 is 15.2 Å². The summed E-state index contributed by atoms with van der Waals surface area (Å²) in [6.45, 7) is 2.66. The van der Waals surface area contributed by atoms with E-state index in [1.54, 1.807) is 7.05 Å². The van der Waals surface area contributed by atoms with E-state index < -0.39 is 10.0 Å². The van der Waals surface area contributed by atoms with E-state index in [4.69, 9.17) is 0 Å². The molecule has 1 aliphatic rings. The van der Waals surface area contributed by atoms with Crippen LogP contribution in [0.25, 0.3) is 0 Å². The molecule has 1 amide bonds. The monoisotopic (exact) mass is 351 g/mol. The van der Waals surface area contributed by atoms with E-state index in [0.717, 1.165) is 19.4 Å². The number of carbonyl (C=O) groups excluding carboxylic acids is 1. The first-order valence-electron chi connectivity index (χ1n) is 6.89. The first-order chi connectivity index (χ1) is 9.88. The molecule has 0 spiro atoms. The van der Waals surface area contributed by atoms with Crippen molar-refractivity contribution in [2.75, 3.05) is 13.1 Å². The molecular formula is C12H22ClN5O3S. The third-order valence-electron chi connectivity index (χ3n) is 3.49. The van der Waals surface area contributed by atoms with Gasteiger partial charge in [-0.3, -0.25) is 4.79 Å². The molecule has 0 radical (unpaired) electrons. The average molecular weight is 352 g/mol. The summed E-state index contributed by atoms with van der Waals surface area (Å²) in [7, 11) is -2.07. The van der Waals surface area contributed by atoms with Gasteiger partial charge in [-0.25, -0.2) is 18.1 Å². The number of piperidine rings is 1. The maximum atomic E-state index is 11.9. The minimum atomic E-state index is -3.75. The Labute approximate surface area is 136 Å². The lowest BCUT2D eigenvalue weighted by Crippen LogP contribution is -2.53. The van der Waals surface area contributed by atoms with Crippen molar-refractivity contribution in [3.63, 3.8) is 0 Å². The van der Waals surface area contributed by atoms with Crippen LogP contribution in [0.5, 0.6) is 0 Å². The molecule has 1 aliphatic heterocycles. The standard InChI is InChI=1S/C12H21N5O3S.ClH/c1-9-10(4-3-5-13-9)16-11(18)6-15-21(19,20)12-7-17(2)8-14-12;/h7-10,13,15H,3-6H2,1-2H3,(H,16,18);1H. The topological polar surface area (TPSA) is 105 Å². The van der Waals surface area contributed by atoms with Gasteiger partial charge in [-0.05, 0) is 26.3 Å². The molecule has 0 aromatic carbocycles. The second-order valence-electron chi connectivity index (χ2n) is 5.26. The van der Waals surface area contributed by atoms with Crippen molar-refractivity contribution < 1.29 is 13.2 Å². The average Bonchev–Trinajstić information content (AvgIpc) is 2.87. The van der Waals surface area contributed by atoms with Crippen LogP contribution >= 0.6 is 12.4 Å². The molecule has 2 rings (SSSR count). The number of carbonyl (C=O) groups is 1. The van der Waals surface area contributed by atoms with E-state index in [1.807, 2.05) is 6.92 Å². The minimum Gasteiger partial charge on any atom is -0.351 e. The van der Waals surface area contributed by atoms with Gasteiger partial charge in [0.1, 0.15) is 0 Å². The smallest absolute Gasteiger partial charge is 0.260 e. The van der Waals surface area contributed by atoms with Crippen molar-refractivity contribution in [2.45, 2.75) is 36.9 Å². The maximum absolute atomic E-state index is 11.9. The summed E-state index contributed by atoms with van der Waals surface area (Å²) in [5.41, 5.74) is 0. The molecule has 1 saturated heterocycles. The van der Waals surface area contributed by atoms with Crippen LogP contribution in [-0.2, 0) is 21.9 Å². The van der Waals surface area contributed by atoms with Gasteiger partial charge in [0.25, 0.3) is 10.0 Å². The Balaban J connectivity index is 0.00000242. The zero-order valence-electron chi connectivity index (χ0n) is 12.6. The van der Waals surface area contributed by atoms with Gasteiger partial charge in [-0.1, -0.05) is 0 Å². The summed E-state index contributed by atoms with van der Waals surface area (Å²) in [5, 5.41) is 6.02. The van der Waals surface area contributed by atoms with E-state index in [1.165, 1.54) is 17.1 Å². The van der Waals surface area contributed by atoms with Crippen molar-refractivity contribution in [3.05, 3.63) is 12.5 Å². The molecule has 0 saturated carbocycles. The van der Waals surface area contributed by atoms with Gasteiger partial charge in [0.05, 0.1) is 12.9 Å². The van der Waals surface area contributed by atoms with E-state index in [0.29, 0.717) is 0 Å². The number of nitrogens with zero attached hydrogens (tertiary/aromatic N) is 2. The number of hydrogen-bond acceptors (Lipinski definition) is 5. The van der Waals surface area contributed by atoms with Gasteiger partial charge in [0.2, 0.25) is 5.91 Å². The van der Waals surface area contributed by atoms with Crippen molar-refractivity contribution in [2.24, 2.45) is 7.05 Å². The quantitative estimate of drug-likeness (QED) is 0.655. The van der Waals surface area contributed by atoms with Crippen LogP contribution in [0, 0.1) is 0 Å². The highest BCUT2D eigenvalue weighted by atomic mass is 35.5. The molecule has 126 valence electrons. The van der Waals surface area contributed by atoms with Gasteiger partial charge in [-0.15, -0.1) is 12.4 Å². The molecule has 3 N–H and O–H groups in total. The van der Waals surface area contributed by atoms with Crippen molar-refractivity contribution in [3.8, 4) is 0 Å². The Morgan fingerprint density at radius 2 is 2.27 bits per heavy atom. The molecule has 1 aromatic heterocycles. The molecule has 22 heavy (non-hydrogen) atoms. The lowest BCUT2D eigenvalue weighted by molar-refractivity contribution is -0.121. The first kappa shape index (κ1) is 18.9. The Morgan fingerprint density at radius 3 is 2.86 bits per heavy atom. The molecular weight excluding hydrogens is 330 g/mol. The first-order valence-corrected chi connectivity index (χ1v) is 8.37. The molecule has 2 unspecified atom stereocenters. The molecule has 2 atom stereocenters. The fourth-order valence-corrected chi connectivity index (χ4v) is 3.22. The van der Waals surface area contributed by atoms with Crippen LogP contribution in [0.15, 0.2) is 17.6 Å². The van der Waals surface area contributed by atoms with Crippen LogP contribution in [-0.4, -0.2) is 49.0 Å². The largest absolute Gasteiger partial charge is 0.351 e. The van der Waals surface area contributed by atoms with Crippen LogP contribution in [0.2, 0.25) is 0 Å². The van der Waals surface area contributed by atoms with Gasteiger partial charge in [0.15, 0.2) is 5.03 Å². The Bertz CT molecular complexity index is 604. The second kappa shape index (κ2) is 7.91. The Kier molecular flexibility index (Phi) is 6.79. The van der Waals surface area contributed by atoms with Crippen molar-refractivity contribution in [1.29, 1.82) is 0 Å². The number of imidazole rings is 1. The van der Waals surface area contributed by atoms with Crippen LogP contribution < -0.4 is 15.4 Å². The molecule has 10 heteroatoms. The zero-order valence-corrected chi connectivity index (χ0v) is 14.2. The molecule has 1 fully saturated rings. The summed E-state index contributed by atoms with van der Waals surface area (Å²) in [6.07, 6.45) is 4.67. The van der Waals surface area contributed by atoms with E-state index in [-0.39, 0.29) is 42.0 Å². The zero-order chi connectivity index (χ0) is 15.5.